The number of pyridine rings is 1. The van der Waals surface area contributed by atoms with Gasteiger partial charge in [0, 0.05) is 5.69 Å². The van der Waals surface area contributed by atoms with Crippen LogP contribution in [-0.2, 0) is 0 Å². The van der Waals surface area contributed by atoms with Gasteiger partial charge in [0.1, 0.15) is 5.82 Å². The molecule has 1 rings (SSSR count). The standard InChI is InChI=1S/C8H13N3/c1-6(2)7-4-3-5-8(10-7)11-9/h3-6H,9H2,1-2H3,(H,10,11). The zero-order valence-corrected chi connectivity index (χ0v) is 6.83. The molecule has 0 saturated carbocycles. The molecule has 1 aromatic rings. The molecule has 0 aliphatic rings. The molecule has 0 aromatic carbocycles. The monoisotopic (exact) mass is 151 g/mol. The summed E-state index contributed by atoms with van der Waals surface area (Å²) in [5.41, 5.74) is 3.57. The number of nitrogens with zero attached hydrogens (tertiary/aromatic N) is 1. The number of rotatable bonds is 2. The average molecular weight is 151 g/mol. The van der Waals surface area contributed by atoms with Crippen molar-refractivity contribution >= 4 is 5.82 Å². The highest BCUT2D eigenvalue weighted by Crippen LogP contribution is 2.12. The summed E-state index contributed by atoms with van der Waals surface area (Å²) in [5, 5.41) is 0. The molecule has 0 bridgehead atoms. The number of aromatic nitrogens is 1. The maximum Gasteiger partial charge on any atom is 0.140 e. The van der Waals surface area contributed by atoms with Crippen LogP contribution in [0.1, 0.15) is 25.5 Å². The van der Waals surface area contributed by atoms with Crippen molar-refractivity contribution in [2.45, 2.75) is 19.8 Å². The van der Waals surface area contributed by atoms with Gasteiger partial charge in [0.15, 0.2) is 0 Å². The first kappa shape index (κ1) is 8.01. The molecule has 0 spiro atoms. The molecule has 0 atom stereocenters. The van der Waals surface area contributed by atoms with Crippen LogP contribution in [0.5, 0.6) is 0 Å². The van der Waals surface area contributed by atoms with Crippen LogP contribution in [0.4, 0.5) is 5.82 Å². The van der Waals surface area contributed by atoms with Crippen LogP contribution in [0.25, 0.3) is 0 Å². The van der Waals surface area contributed by atoms with Crippen molar-refractivity contribution in [1.82, 2.24) is 4.98 Å². The highest BCUT2D eigenvalue weighted by Gasteiger charge is 1.99. The number of hydrazine groups is 1. The molecule has 0 fully saturated rings. The van der Waals surface area contributed by atoms with Crippen molar-refractivity contribution in [3.63, 3.8) is 0 Å². The lowest BCUT2D eigenvalue weighted by molar-refractivity contribution is 0.823. The predicted molar refractivity (Wildman–Crippen MR) is 46.1 cm³/mol. The van der Waals surface area contributed by atoms with Gasteiger partial charge in [-0.1, -0.05) is 19.9 Å². The summed E-state index contributed by atoms with van der Waals surface area (Å²) >= 11 is 0. The summed E-state index contributed by atoms with van der Waals surface area (Å²) < 4.78 is 0. The maximum absolute atomic E-state index is 5.21. The number of hydrogen-bond donors (Lipinski definition) is 2. The molecule has 0 unspecified atom stereocenters. The zero-order chi connectivity index (χ0) is 8.27. The van der Waals surface area contributed by atoms with Gasteiger partial charge in [-0.15, -0.1) is 0 Å². The van der Waals surface area contributed by atoms with E-state index in [9.17, 15) is 0 Å². The quantitative estimate of drug-likeness (QED) is 0.497. The van der Waals surface area contributed by atoms with Gasteiger partial charge in [-0.2, -0.15) is 0 Å². The SMILES string of the molecule is CC(C)c1cccc(NN)n1. The maximum atomic E-state index is 5.21. The molecule has 0 aliphatic heterocycles. The Kier molecular flexibility index (Phi) is 2.44. The van der Waals surface area contributed by atoms with Gasteiger partial charge in [0.05, 0.1) is 0 Å². The summed E-state index contributed by atoms with van der Waals surface area (Å²) in [6.07, 6.45) is 0. The number of nitrogen functional groups attached to an aromatic ring is 1. The van der Waals surface area contributed by atoms with E-state index in [4.69, 9.17) is 5.84 Å². The first-order valence-electron chi connectivity index (χ1n) is 3.67. The topological polar surface area (TPSA) is 50.9 Å². The smallest absolute Gasteiger partial charge is 0.140 e. The fraction of sp³-hybridized carbons (Fsp3) is 0.375. The summed E-state index contributed by atoms with van der Waals surface area (Å²) in [6.45, 7) is 4.20. The Balaban J connectivity index is 2.91. The molecule has 1 aromatic heterocycles. The van der Waals surface area contributed by atoms with E-state index in [1.807, 2.05) is 18.2 Å². The molecule has 0 aliphatic carbocycles. The third-order valence-electron chi connectivity index (χ3n) is 1.51. The summed E-state index contributed by atoms with van der Waals surface area (Å²) in [5.74, 6) is 6.37. The van der Waals surface area contributed by atoms with Crippen molar-refractivity contribution in [2.75, 3.05) is 5.43 Å². The number of anilines is 1. The third kappa shape index (κ3) is 1.91. The van der Waals surface area contributed by atoms with Crippen LogP contribution in [0.3, 0.4) is 0 Å². The highest BCUT2D eigenvalue weighted by atomic mass is 15.2. The Bertz CT molecular complexity index is 233. The van der Waals surface area contributed by atoms with Gasteiger partial charge in [-0.3, -0.25) is 0 Å². The number of nitrogens with one attached hydrogen (secondary N) is 1. The molecule has 3 N–H and O–H groups in total. The van der Waals surface area contributed by atoms with Gasteiger partial charge in [0.25, 0.3) is 0 Å². The van der Waals surface area contributed by atoms with Crippen LogP contribution in [0, 0.1) is 0 Å². The van der Waals surface area contributed by atoms with Crippen molar-refractivity contribution in [3.05, 3.63) is 23.9 Å². The largest absolute Gasteiger partial charge is 0.308 e. The van der Waals surface area contributed by atoms with Gasteiger partial charge >= 0.3 is 0 Å². The van der Waals surface area contributed by atoms with Crippen molar-refractivity contribution < 1.29 is 0 Å². The molecule has 0 radical (unpaired) electrons. The van der Waals surface area contributed by atoms with E-state index in [1.165, 1.54) is 0 Å². The predicted octanol–water partition coefficient (Wildman–Crippen LogP) is 1.49. The summed E-state index contributed by atoms with van der Waals surface area (Å²) in [4.78, 5) is 4.25. The summed E-state index contributed by atoms with van der Waals surface area (Å²) in [6, 6.07) is 5.77. The normalized spacial score (nSPS) is 10.2. The van der Waals surface area contributed by atoms with E-state index in [2.05, 4.69) is 24.3 Å². The van der Waals surface area contributed by atoms with E-state index < -0.39 is 0 Å². The minimum Gasteiger partial charge on any atom is -0.308 e. The Morgan fingerprint density at radius 1 is 1.45 bits per heavy atom. The van der Waals surface area contributed by atoms with E-state index in [-0.39, 0.29) is 0 Å². The molecular weight excluding hydrogens is 138 g/mol. The van der Waals surface area contributed by atoms with Crippen LogP contribution in [-0.4, -0.2) is 4.98 Å². The first-order valence-corrected chi connectivity index (χ1v) is 3.67. The summed E-state index contributed by atoms with van der Waals surface area (Å²) in [7, 11) is 0. The molecule has 0 amide bonds. The van der Waals surface area contributed by atoms with E-state index in [0.717, 1.165) is 11.5 Å². The van der Waals surface area contributed by atoms with Crippen LogP contribution >= 0.6 is 0 Å². The van der Waals surface area contributed by atoms with E-state index in [0.29, 0.717) is 5.92 Å². The van der Waals surface area contributed by atoms with Crippen molar-refractivity contribution in [1.29, 1.82) is 0 Å². The molecule has 11 heavy (non-hydrogen) atoms. The number of hydrogen-bond acceptors (Lipinski definition) is 3. The first-order chi connectivity index (χ1) is 5.24. The lowest BCUT2D eigenvalue weighted by atomic mass is 10.1. The minimum absolute atomic E-state index is 0.447. The number of nitrogens with two attached hydrogens (primary N) is 1. The Morgan fingerprint density at radius 2 is 2.18 bits per heavy atom. The zero-order valence-electron chi connectivity index (χ0n) is 6.83. The Morgan fingerprint density at radius 3 is 2.73 bits per heavy atom. The fourth-order valence-corrected chi connectivity index (χ4v) is 0.853. The van der Waals surface area contributed by atoms with Crippen molar-refractivity contribution in [3.8, 4) is 0 Å². The van der Waals surface area contributed by atoms with E-state index in [1.54, 1.807) is 0 Å². The average Bonchev–Trinajstić information content (AvgIpc) is 2.05. The van der Waals surface area contributed by atoms with Gasteiger partial charge < -0.3 is 5.43 Å². The fourth-order valence-electron chi connectivity index (χ4n) is 0.853. The van der Waals surface area contributed by atoms with Crippen LogP contribution < -0.4 is 11.3 Å². The molecular formula is C8H13N3. The Labute approximate surface area is 66.6 Å². The third-order valence-corrected chi connectivity index (χ3v) is 1.51. The lowest BCUT2D eigenvalue weighted by Gasteiger charge is -2.05. The van der Waals surface area contributed by atoms with Crippen molar-refractivity contribution in [2.24, 2.45) is 5.84 Å². The molecule has 60 valence electrons. The second-order valence-electron chi connectivity index (χ2n) is 2.75. The highest BCUT2D eigenvalue weighted by molar-refractivity contribution is 5.34. The molecule has 3 nitrogen and oxygen atoms in total. The molecule has 3 heteroatoms. The Hall–Kier alpha value is -1.09. The van der Waals surface area contributed by atoms with Gasteiger partial charge in [-0.25, -0.2) is 10.8 Å². The molecule has 0 saturated heterocycles. The molecule has 1 heterocycles. The van der Waals surface area contributed by atoms with E-state index >= 15 is 0 Å². The second kappa shape index (κ2) is 3.34. The lowest BCUT2D eigenvalue weighted by Crippen LogP contribution is -2.09. The van der Waals surface area contributed by atoms with Crippen LogP contribution in [0.15, 0.2) is 18.2 Å². The minimum atomic E-state index is 0.447. The second-order valence-corrected chi connectivity index (χ2v) is 2.75. The van der Waals surface area contributed by atoms with Crippen LogP contribution in [0.2, 0.25) is 0 Å². The van der Waals surface area contributed by atoms with Gasteiger partial charge in [0.2, 0.25) is 0 Å². The van der Waals surface area contributed by atoms with Gasteiger partial charge in [-0.05, 0) is 18.1 Å².